The summed E-state index contributed by atoms with van der Waals surface area (Å²) in [5.74, 6) is -0.935. The molecule has 0 bridgehead atoms. The average molecular weight is 215 g/mol. The molecule has 0 aromatic rings. The number of amides is 2. The van der Waals surface area contributed by atoms with Gasteiger partial charge in [0.15, 0.2) is 0 Å². The summed E-state index contributed by atoms with van der Waals surface area (Å²) in [6.45, 7) is 5.95. The predicted molar refractivity (Wildman–Crippen MR) is 56.4 cm³/mol. The zero-order valence-electron chi connectivity index (χ0n) is 8.75. The van der Waals surface area contributed by atoms with Crippen molar-refractivity contribution < 1.29 is 14.7 Å². The fourth-order valence-electron chi connectivity index (χ4n) is 0.879. The van der Waals surface area contributed by atoms with Crippen LogP contribution in [0, 0.1) is 0 Å². The van der Waals surface area contributed by atoms with Crippen LogP contribution in [0.2, 0.25) is 0 Å². The van der Waals surface area contributed by atoms with Crippen LogP contribution in [-0.4, -0.2) is 36.2 Å². The maximum Gasteiger partial charge on any atom is 0.330 e. The Bertz CT molecular complexity index is 241. The summed E-state index contributed by atoms with van der Waals surface area (Å²) < 4.78 is 0. The minimum absolute atomic E-state index is 0.0755. The smallest absolute Gasteiger partial charge is 0.330 e. The summed E-state index contributed by atoms with van der Waals surface area (Å²) in [7, 11) is 0. The highest BCUT2D eigenvalue weighted by Gasteiger charge is 2.17. The van der Waals surface area contributed by atoms with Gasteiger partial charge < -0.3 is 21.5 Å². The Hall–Kier alpha value is -1.56. The van der Waals surface area contributed by atoms with E-state index in [0.717, 1.165) is 13.0 Å². The van der Waals surface area contributed by atoms with Gasteiger partial charge in [0.25, 0.3) is 0 Å². The van der Waals surface area contributed by atoms with E-state index >= 15 is 0 Å². The quantitative estimate of drug-likeness (QED) is 0.483. The van der Waals surface area contributed by atoms with E-state index in [2.05, 4.69) is 17.2 Å². The van der Waals surface area contributed by atoms with Crippen molar-refractivity contribution >= 4 is 12.0 Å². The number of aliphatic carboxylic acids is 1. The van der Waals surface area contributed by atoms with E-state index in [1.165, 1.54) is 6.92 Å². The van der Waals surface area contributed by atoms with Gasteiger partial charge in [-0.2, -0.15) is 0 Å². The predicted octanol–water partition coefficient (Wildman–Crippen LogP) is -0.336. The highest BCUT2D eigenvalue weighted by Crippen LogP contribution is 1.93. The first-order valence-electron chi connectivity index (χ1n) is 4.60. The lowest BCUT2D eigenvalue weighted by atomic mass is 10.2. The van der Waals surface area contributed by atoms with E-state index in [1.807, 2.05) is 0 Å². The molecule has 86 valence electrons. The van der Waals surface area contributed by atoms with Crippen LogP contribution in [0.15, 0.2) is 12.2 Å². The van der Waals surface area contributed by atoms with Gasteiger partial charge in [0.2, 0.25) is 0 Å². The second kappa shape index (κ2) is 6.83. The van der Waals surface area contributed by atoms with Gasteiger partial charge in [-0.05, 0) is 19.9 Å². The summed E-state index contributed by atoms with van der Waals surface area (Å²) >= 11 is 0. The molecule has 1 unspecified atom stereocenters. The van der Waals surface area contributed by atoms with Gasteiger partial charge in [0.1, 0.15) is 0 Å². The third-order valence-electron chi connectivity index (χ3n) is 1.72. The zero-order chi connectivity index (χ0) is 11.8. The van der Waals surface area contributed by atoms with Gasteiger partial charge in [-0.25, -0.2) is 9.59 Å². The molecule has 5 N–H and O–H groups in total. The largest absolute Gasteiger partial charge is 0.478 e. The Morgan fingerprint density at radius 1 is 1.73 bits per heavy atom. The van der Waals surface area contributed by atoms with Crippen LogP contribution >= 0.6 is 0 Å². The first-order chi connectivity index (χ1) is 6.97. The number of carboxylic acids is 1. The normalized spacial score (nSPS) is 18.3. The fourth-order valence-corrected chi connectivity index (χ4v) is 0.879. The highest BCUT2D eigenvalue weighted by atomic mass is 16.4. The molecule has 0 spiro atoms. The maximum atomic E-state index is 10.5. The number of hydrogen-bond acceptors (Lipinski definition) is 3. The monoisotopic (exact) mass is 215 g/mol. The van der Waals surface area contributed by atoms with Crippen LogP contribution in [0.3, 0.4) is 0 Å². The lowest BCUT2D eigenvalue weighted by molar-refractivity contribution is -0.132. The van der Waals surface area contributed by atoms with Crippen molar-refractivity contribution in [3.8, 4) is 0 Å². The van der Waals surface area contributed by atoms with Gasteiger partial charge in [-0.15, -0.1) is 0 Å². The van der Waals surface area contributed by atoms with E-state index in [9.17, 15) is 9.59 Å². The van der Waals surface area contributed by atoms with E-state index < -0.39 is 5.97 Å². The molecule has 0 radical (unpaired) electrons. The third kappa shape index (κ3) is 6.50. The van der Waals surface area contributed by atoms with Gasteiger partial charge in [-0.3, -0.25) is 0 Å². The molecule has 1 fully saturated rings. The first kappa shape index (κ1) is 13.4. The second-order valence-electron chi connectivity index (χ2n) is 3.21. The molecule has 1 aliphatic heterocycles. The molecule has 1 heterocycles. The maximum absolute atomic E-state index is 10.5. The molecular weight excluding hydrogens is 198 g/mol. The van der Waals surface area contributed by atoms with E-state index in [-0.39, 0.29) is 17.6 Å². The fraction of sp³-hybridized carbons (Fsp3) is 0.556. The van der Waals surface area contributed by atoms with Crippen molar-refractivity contribution in [2.24, 2.45) is 5.73 Å². The topological polar surface area (TPSA) is 104 Å². The summed E-state index contributed by atoms with van der Waals surface area (Å²) in [5.41, 5.74) is 5.45. The first-order valence-corrected chi connectivity index (χ1v) is 4.60. The molecule has 1 rings (SSSR count). The van der Waals surface area contributed by atoms with Crippen molar-refractivity contribution in [1.82, 2.24) is 10.6 Å². The molecule has 0 aromatic carbocycles. The van der Waals surface area contributed by atoms with Crippen molar-refractivity contribution in [1.29, 1.82) is 0 Å². The molecule has 15 heavy (non-hydrogen) atoms. The Kier molecular flexibility index (Phi) is 6.12. The van der Waals surface area contributed by atoms with Crippen LogP contribution in [-0.2, 0) is 4.79 Å². The molecule has 1 aliphatic rings. The van der Waals surface area contributed by atoms with Gasteiger partial charge in [0, 0.05) is 18.2 Å². The number of carbonyl (C=O) groups excluding carboxylic acids is 1. The average Bonchev–Trinajstić information content (AvgIpc) is 2.53. The SMILES string of the molecule is C=C(C)C(=O)O.NCCC1CNC(=O)N1. The molecule has 0 saturated carbocycles. The van der Waals surface area contributed by atoms with Crippen LogP contribution in [0.5, 0.6) is 0 Å². The van der Waals surface area contributed by atoms with Gasteiger partial charge in [-0.1, -0.05) is 6.58 Å². The number of nitrogens with two attached hydrogens (primary N) is 1. The summed E-state index contributed by atoms with van der Waals surface area (Å²) in [6.07, 6.45) is 0.860. The minimum atomic E-state index is -0.935. The molecular formula is C9H17N3O3. The van der Waals surface area contributed by atoms with E-state index in [4.69, 9.17) is 10.8 Å². The van der Waals surface area contributed by atoms with Crippen LogP contribution in [0.25, 0.3) is 0 Å². The standard InChI is InChI=1S/C5H11N3O.C4H6O2/c6-2-1-4-3-7-5(9)8-4;1-3(2)4(5)6/h4H,1-3,6H2,(H2,7,8,9);1H2,2H3,(H,5,6). The zero-order valence-corrected chi connectivity index (χ0v) is 8.75. The Morgan fingerprint density at radius 3 is 2.53 bits per heavy atom. The molecule has 6 nitrogen and oxygen atoms in total. The van der Waals surface area contributed by atoms with Crippen molar-refractivity contribution in [2.75, 3.05) is 13.1 Å². The van der Waals surface area contributed by atoms with Crippen molar-refractivity contribution in [2.45, 2.75) is 19.4 Å². The summed E-state index contributed by atoms with van der Waals surface area (Å²) in [6, 6.07) is 0.177. The number of rotatable bonds is 3. The summed E-state index contributed by atoms with van der Waals surface area (Å²) in [4.78, 5) is 20.1. The lowest BCUT2D eigenvalue weighted by Crippen LogP contribution is -2.28. The van der Waals surface area contributed by atoms with Crippen molar-refractivity contribution in [3.05, 3.63) is 12.2 Å². The molecule has 1 saturated heterocycles. The van der Waals surface area contributed by atoms with E-state index in [1.54, 1.807) is 0 Å². The number of urea groups is 1. The molecule has 6 heteroatoms. The van der Waals surface area contributed by atoms with Crippen LogP contribution in [0.4, 0.5) is 4.79 Å². The molecule has 2 amide bonds. The van der Waals surface area contributed by atoms with E-state index in [0.29, 0.717) is 6.54 Å². The number of hydrogen-bond donors (Lipinski definition) is 4. The van der Waals surface area contributed by atoms with Gasteiger partial charge >= 0.3 is 12.0 Å². The highest BCUT2D eigenvalue weighted by molar-refractivity contribution is 5.84. The van der Waals surface area contributed by atoms with Crippen LogP contribution in [0.1, 0.15) is 13.3 Å². The minimum Gasteiger partial charge on any atom is -0.478 e. The van der Waals surface area contributed by atoms with Crippen molar-refractivity contribution in [3.63, 3.8) is 0 Å². The Labute approximate surface area is 88.5 Å². The Morgan fingerprint density at radius 2 is 2.27 bits per heavy atom. The third-order valence-corrected chi connectivity index (χ3v) is 1.72. The Balaban J connectivity index is 0.000000288. The molecule has 0 aliphatic carbocycles. The molecule has 1 atom stereocenters. The number of nitrogens with one attached hydrogen (secondary N) is 2. The second-order valence-corrected chi connectivity index (χ2v) is 3.21. The number of carbonyl (C=O) groups is 2. The molecule has 0 aromatic heterocycles. The van der Waals surface area contributed by atoms with Crippen LogP contribution < -0.4 is 16.4 Å². The number of carboxylic acid groups (broad SMARTS) is 1. The lowest BCUT2D eigenvalue weighted by Gasteiger charge is -2.03. The van der Waals surface area contributed by atoms with Gasteiger partial charge in [0.05, 0.1) is 0 Å². The summed E-state index contributed by atoms with van der Waals surface area (Å²) in [5, 5.41) is 13.3.